The van der Waals surface area contributed by atoms with Crippen molar-refractivity contribution in [1.82, 2.24) is 4.90 Å². The van der Waals surface area contributed by atoms with E-state index in [1.165, 1.54) is 32.4 Å². The van der Waals surface area contributed by atoms with Crippen molar-refractivity contribution in [1.29, 1.82) is 0 Å². The Morgan fingerprint density at radius 1 is 1.20 bits per heavy atom. The van der Waals surface area contributed by atoms with Crippen molar-refractivity contribution in [3.63, 3.8) is 0 Å². The molecule has 0 bridgehead atoms. The molecular weight excluding hydrogens is 150 g/mol. The third kappa shape index (κ3) is 3.40. The molecule has 10 heavy (non-hydrogen) atoms. The maximum atomic E-state index is 5.01. The number of hydrogen-bond donors (Lipinski definition) is 0. The van der Waals surface area contributed by atoms with Gasteiger partial charge in [-0.15, -0.1) is 12.4 Å². The van der Waals surface area contributed by atoms with E-state index in [1.54, 1.807) is 7.11 Å². The van der Waals surface area contributed by atoms with Gasteiger partial charge < -0.3 is 4.74 Å². The second-order valence-corrected chi connectivity index (χ2v) is 2.60. The van der Waals surface area contributed by atoms with Gasteiger partial charge in [0.1, 0.15) is 0 Å². The molecule has 2 nitrogen and oxygen atoms in total. The normalized spacial score (nSPS) is 20.1. The summed E-state index contributed by atoms with van der Waals surface area (Å²) < 4.78 is 5.01. The van der Waals surface area contributed by atoms with Crippen LogP contribution in [0.5, 0.6) is 0 Å². The standard InChI is InChI=1S/C7H15NO.ClH/c1-9-7-8-5-3-2-4-6-8;/h2-7H2,1H3;1H. The topological polar surface area (TPSA) is 12.5 Å². The number of nitrogens with zero attached hydrogens (tertiary/aromatic N) is 1. The molecule has 62 valence electrons. The smallest absolute Gasteiger partial charge is 0.0986 e. The van der Waals surface area contributed by atoms with Crippen LogP contribution in [0.1, 0.15) is 19.3 Å². The van der Waals surface area contributed by atoms with Crippen LogP contribution >= 0.6 is 12.4 Å². The van der Waals surface area contributed by atoms with Crippen molar-refractivity contribution >= 4 is 12.4 Å². The van der Waals surface area contributed by atoms with Crippen molar-refractivity contribution in [2.24, 2.45) is 0 Å². The summed E-state index contributed by atoms with van der Waals surface area (Å²) in [5.74, 6) is 0. The Bertz CT molecular complexity index is 71.3. The van der Waals surface area contributed by atoms with Crippen LogP contribution in [0.3, 0.4) is 0 Å². The predicted octanol–water partition coefficient (Wildman–Crippen LogP) is 1.50. The largest absolute Gasteiger partial charge is 0.369 e. The maximum absolute atomic E-state index is 5.01. The molecule has 0 atom stereocenters. The zero-order valence-electron chi connectivity index (χ0n) is 6.51. The van der Waals surface area contributed by atoms with E-state index in [1.807, 2.05) is 0 Å². The highest BCUT2D eigenvalue weighted by atomic mass is 35.5. The maximum Gasteiger partial charge on any atom is 0.0986 e. The van der Waals surface area contributed by atoms with E-state index in [0.717, 1.165) is 6.73 Å². The van der Waals surface area contributed by atoms with Gasteiger partial charge in [-0.3, -0.25) is 4.90 Å². The van der Waals surface area contributed by atoms with Crippen LogP contribution in [0, 0.1) is 0 Å². The number of halogens is 1. The quantitative estimate of drug-likeness (QED) is 0.615. The van der Waals surface area contributed by atoms with Crippen molar-refractivity contribution in [3.8, 4) is 0 Å². The van der Waals surface area contributed by atoms with Gasteiger partial charge in [-0.2, -0.15) is 0 Å². The third-order valence-corrected chi connectivity index (χ3v) is 1.76. The van der Waals surface area contributed by atoms with E-state index >= 15 is 0 Å². The van der Waals surface area contributed by atoms with Gasteiger partial charge in [0.15, 0.2) is 0 Å². The first-order valence-electron chi connectivity index (χ1n) is 3.65. The average molecular weight is 166 g/mol. The van der Waals surface area contributed by atoms with Gasteiger partial charge in [-0.1, -0.05) is 6.42 Å². The molecular formula is C7H16ClNO. The molecule has 0 aromatic rings. The Morgan fingerprint density at radius 3 is 2.30 bits per heavy atom. The Kier molecular flexibility index (Phi) is 6.08. The van der Waals surface area contributed by atoms with Gasteiger partial charge >= 0.3 is 0 Å². The summed E-state index contributed by atoms with van der Waals surface area (Å²) in [5.41, 5.74) is 0. The molecule has 1 fully saturated rings. The molecule has 1 heterocycles. The summed E-state index contributed by atoms with van der Waals surface area (Å²) in [7, 11) is 1.76. The number of rotatable bonds is 2. The molecule has 0 saturated carbocycles. The van der Waals surface area contributed by atoms with Crippen LogP contribution in [0.25, 0.3) is 0 Å². The molecule has 3 heteroatoms. The molecule has 1 aliphatic heterocycles. The highest BCUT2D eigenvalue weighted by Gasteiger charge is 2.07. The molecule has 1 saturated heterocycles. The molecule has 0 radical (unpaired) electrons. The van der Waals surface area contributed by atoms with Gasteiger partial charge in [0.25, 0.3) is 0 Å². The van der Waals surface area contributed by atoms with Crippen LogP contribution < -0.4 is 0 Å². The molecule has 0 N–H and O–H groups in total. The Hall–Kier alpha value is 0.210. The van der Waals surface area contributed by atoms with Crippen LogP contribution in [-0.4, -0.2) is 31.8 Å². The van der Waals surface area contributed by atoms with Gasteiger partial charge in [0.05, 0.1) is 6.73 Å². The Morgan fingerprint density at radius 2 is 1.80 bits per heavy atom. The van der Waals surface area contributed by atoms with Crippen LogP contribution in [0.2, 0.25) is 0 Å². The van der Waals surface area contributed by atoms with E-state index in [0.29, 0.717) is 0 Å². The van der Waals surface area contributed by atoms with Crippen LogP contribution in [0.15, 0.2) is 0 Å². The van der Waals surface area contributed by atoms with E-state index in [2.05, 4.69) is 4.90 Å². The molecule has 0 aliphatic carbocycles. The van der Waals surface area contributed by atoms with Gasteiger partial charge in [-0.25, -0.2) is 0 Å². The summed E-state index contributed by atoms with van der Waals surface area (Å²) in [4.78, 5) is 2.35. The lowest BCUT2D eigenvalue weighted by molar-refractivity contribution is 0.0507. The number of piperidine rings is 1. The molecule has 0 spiro atoms. The molecule has 0 amide bonds. The molecule has 0 aromatic heterocycles. The minimum absolute atomic E-state index is 0. The minimum atomic E-state index is 0. The minimum Gasteiger partial charge on any atom is -0.369 e. The van der Waals surface area contributed by atoms with Crippen LogP contribution in [0.4, 0.5) is 0 Å². The second-order valence-electron chi connectivity index (χ2n) is 2.60. The van der Waals surface area contributed by atoms with Crippen molar-refractivity contribution in [3.05, 3.63) is 0 Å². The fraction of sp³-hybridized carbons (Fsp3) is 1.00. The first kappa shape index (κ1) is 10.2. The summed E-state index contributed by atoms with van der Waals surface area (Å²) in [5, 5.41) is 0. The number of likely N-dealkylation sites (tertiary alicyclic amines) is 1. The highest BCUT2D eigenvalue weighted by molar-refractivity contribution is 5.85. The summed E-state index contributed by atoms with van der Waals surface area (Å²) in [6.07, 6.45) is 4.10. The van der Waals surface area contributed by atoms with Gasteiger partial charge in [0, 0.05) is 20.2 Å². The SMILES string of the molecule is COCN1CCCCC1.Cl. The fourth-order valence-electron chi connectivity index (χ4n) is 1.27. The highest BCUT2D eigenvalue weighted by Crippen LogP contribution is 2.07. The predicted molar refractivity (Wildman–Crippen MR) is 44.5 cm³/mol. The first-order chi connectivity index (χ1) is 4.43. The zero-order valence-corrected chi connectivity index (χ0v) is 7.32. The van der Waals surface area contributed by atoms with E-state index in [-0.39, 0.29) is 12.4 Å². The van der Waals surface area contributed by atoms with Gasteiger partial charge in [-0.05, 0) is 12.8 Å². The summed E-state index contributed by atoms with van der Waals surface area (Å²) >= 11 is 0. The molecule has 1 aliphatic rings. The van der Waals surface area contributed by atoms with Crippen LogP contribution in [-0.2, 0) is 4.74 Å². The lowest BCUT2D eigenvalue weighted by Crippen LogP contribution is -2.31. The van der Waals surface area contributed by atoms with Crippen molar-refractivity contribution in [2.45, 2.75) is 19.3 Å². The van der Waals surface area contributed by atoms with E-state index < -0.39 is 0 Å². The molecule has 0 aromatic carbocycles. The molecule has 1 rings (SSSR count). The van der Waals surface area contributed by atoms with E-state index in [9.17, 15) is 0 Å². The summed E-state index contributed by atoms with van der Waals surface area (Å²) in [6.45, 7) is 3.28. The second kappa shape index (κ2) is 5.96. The lowest BCUT2D eigenvalue weighted by atomic mass is 10.1. The number of methoxy groups -OCH3 is 1. The van der Waals surface area contributed by atoms with Crippen molar-refractivity contribution in [2.75, 3.05) is 26.9 Å². The lowest BCUT2D eigenvalue weighted by Gasteiger charge is -2.24. The third-order valence-electron chi connectivity index (χ3n) is 1.76. The molecule has 0 unspecified atom stereocenters. The fourth-order valence-corrected chi connectivity index (χ4v) is 1.27. The van der Waals surface area contributed by atoms with Crippen molar-refractivity contribution < 1.29 is 4.74 Å². The Labute approximate surface area is 68.9 Å². The first-order valence-corrected chi connectivity index (χ1v) is 3.65. The Balaban J connectivity index is 0.000000810. The zero-order chi connectivity index (χ0) is 6.53. The van der Waals surface area contributed by atoms with Gasteiger partial charge in [0.2, 0.25) is 0 Å². The average Bonchev–Trinajstić information content (AvgIpc) is 1.91. The number of ether oxygens (including phenoxy) is 1. The summed E-state index contributed by atoms with van der Waals surface area (Å²) in [6, 6.07) is 0. The monoisotopic (exact) mass is 165 g/mol. The van der Waals surface area contributed by atoms with E-state index in [4.69, 9.17) is 4.74 Å². The number of hydrogen-bond acceptors (Lipinski definition) is 2.